The summed E-state index contributed by atoms with van der Waals surface area (Å²) in [6, 6.07) is 9.97. The van der Waals surface area contributed by atoms with E-state index in [9.17, 15) is 5.11 Å². The minimum Gasteiger partial charge on any atom is -0.504 e. The van der Waals surface area contributed by atoms with Gasteiger partial charge in [-0.05, 0) is 21.5 Å². The Hall–Kier alpha value is -1.29. The largest absolute Gasteiger partial charge is 0.504 e. The van der Waals surface area contributed by atoms with Crippen molar-refractivity contribution in [1.29, 1.82) is 0 Å². The first-order valence-corrected chi connectivity index (χ1v) is 5.01. The number of benzene rings is 1. The second-order valence-electron chi connectivity index (χ2n) is 2.99. The van der Waals surface area contributed by atoms with Gasteiger partial charge in [-0.3, -0.25) is 4.68 Å². The van der Waals surface area contributed by atoms with Crippen molar-refractivity contribution in [2.45, 2.75) is 6.54 Å². The lowest BCUT2D eigenvalue weighted by atomic mass is 10.2. The summed E-state index contributed by atoms with van der Waals surface area (Å²) in [5.74, 6) is 0.168. The van der Waals surface area contributed by atoms with Crippen molar-refractivity contribution in [3.05, 3.63) is 46.7 Å². The number of halogens is 1. The molecule has 0 amide bonds. The molecular weight excluding hydrogens is 244 g/mol. The van der Waals surface area contributed by atoms with E-state index in [-0.39, 0.29) is 5.75 Å². The second-order valence-corrected chi connectivity index (χ2v) is 3.74. The summed E-state index contributed by atoms with van der Waals surface area (Å²) in [5.41, 5.74) is 1.16. The highest BCUT2D eigenvalue weighted by atomic mass is 79.9. The van der Waals surface area contributed by atoms with Crippen LogP contribution in [0.5, 0.6) is 5.75 Å². The summed E-state index contributed by atoms with van der Waals surface area (Å²) in [7, 11) is 0. The zero-order valence-electron chi connectivity index (χ0n) is 7.39. The number of nitrogens with zero attached hydrogens (tertiary/aromatic N) is 2. The van der Waals surface area contributed by atoms with Gasteiger partial charge in [-0.25, -0.2) is 0 Å². The van der Waals surface area contributed by atoms with Gasteiger partial charge in [0.15, 0.2) is 10.4 Å². The van der Waals surface area contributed by atoms with Gasteiger partial charge in [0.05, 0.1) is 12.7 Å². The van der Waals surface area contributed by atoms with Crippen LogP contribution < -0.4 is 0 Å². The molecule has 14 heavy (non-hydrogen) atoms. The molecule has 1 heterocycles. The highest BCUT2D eigenvalue weighted by Crippen LogP contribution is 2.20. The van der Waals surface area contributed by atoms with Crippen LogP contribution in [-0.4, -0.2) is 14.9 Å². The number of hydrogen-bond donors (Lipinski definition) is 1. The minimum absolute atomic E-state index is 0.168. The number of aromatic nitrogens is 2. The van der Waals surface area contributed by atoms with E-state index in [1.54, 1.807) is 10.9 Å². The van der Waals surface area contributed by atoms with Gasteiger partial charge in [0.2, 0.25) is 0 Å². The van der Waals surface area contributed by atoms with Gasteiger partial charge in [0, 0.05) is 0 Å². The molecule has 0 aliphatic carbocycles. The fraction of sp³-hybridized carbons (Fsp3) is 0.100. The summed E-state index contributed by atoms with van der Waals surface area (Å²) >= 11 is 3.15. The third kappa shape index (κ3) is 1.96. The van der Waals surface area contributed by atoms with Crippen molar-refractivity contribution in [3.8, 4) is 5.75 Å². The molecule has 1 N–H and O–H groups in total. The molecule has 0 saturated heterocycles. The lowest BCUT2D eigenvalue weighted by molar-refractivity contribution is 0.471. The lowest BCUT2D eigenvalue weighted by Crippen LogP contribution is -1.99. The highest BCUT2D eigenvalue weighted by Gasteiger charge is 2.03. The van der Waals surface area contributed by atoms with E-state index in [0.29, 0.717) is 11.1 Å². The van der Waals surface area contributed by atoms with Gasteiger partial charge in [-0.2, -0.15) is 5.10 Å². The molecule has 0 bridgehead atoms. The first-order chi connectivity index (χ1) is 6.75. The Bertz CT molecular complexity index is 405. The fourth-order valence-corrected chi connectivity index (χ4v) is 1.54. The average molecular weight is 253 g/mol. The third-order valence-electron chi connectivity index (χ3n) is 1.89. The molecule has 1 aromatic carbocycles. The SMILES string of the molecule is Oc1cn(Cc2ccccc2)nc1Br. The first-order valence-electron chi connectivity index (χ1n) is 4.21. The monoisotopic (exact) mass is 252 g/mol. The first kappa shape index (κ1) is 9.27. The Labute approximate surface area is 90.1 Å². The molecule has 72 valence electrons. The predicted molar refractivity (Wildman–Crippen MR) is 57.1 cm³/mol. The summed E-state index contributed by atoms with van der Waals surface area (Å²) in [6.45, 7) is 0.667. The number of hydrogen-bond acceptors (Lipinski definition) is 2. The zero-order chi connectivity index (χ0) is 9.97. The van der Waals surface area contributed by atoms with Crippen LogP contribution in [0.2, 0.25) is 0 Å². The fourth-order valence-electron chi connectivity index (χ4n) is 1.24. The Balaban J connectivity index is 2.19. The van der Waals surface area contributed by atoms with Gasteiger partial charge in [-0.1, -0.05) is 30.3 Å². The highest BCUT2D eigenvalue weighted by molar-refractivity contribution is 9.10. The predicted octanol–water partition coefficient (Wildman–Crippen LogP) is 2.40. The van der Waals surface area contributed by atoms with E-state index >= 15 is 0 Å². The molecule has 0 aliphatic rings. The molecule has 0 radical (unpaired) electrons. The Morgan fingerprint density at radius 2 is 2.00 bits per heavy atom. The molecule has 0 atom stereocenters. The van der Waals surface area contributed by atoms with E-state index in [1.165, 1.54) is 0 Å². The molecule has 3 nitrogen and oxygen atoms in total. The standard InChI is InChI=1S/C10H9BrN2O/c11-10-9(14)7-13(12-10)6-8-4-2-1-3-5-8/h1-5,7,14H,6H2. The molecule has 0 fully saturated rings. The van der Waals surface area contributed by atoms with E-state index < -0.39 is 0 Å². The Morgan fingerprint density at radius 1 is 1.29 bits per heavy atom. The summed E-state index contributed by atoms with van der Waals surface area (Å²) in [5, 5.41) is 13.4. The van der Waals surface area contributed by atoms with Crippen LogP contribution in [0.4, 0.5) is 0 Å². The maximum Gasteiger partial charge on any atom is 0.169 e. The second kappa shape index (κ2) is 3.84. The molecular formula is C10H9BrN2O. The van der Waals surface area contributed by atoms with Gasteiger partial charge in [-0.15, -0.1) is 0 Å². The normalized spacial score (nSPS) is 10.4. The molecule has 1 aromatic heterocycles. The average Bonchev–Trinajstić information content (AvgIpc) is 2.47. The van der Waals surface area contributed by atoms with E-state index in [0.717, 1.165) is 5.56 Å². The minimum atomic E-state index is 0.168. The Kier molecular flexibility index (Phi) is 2.54. The lowest BCUT2D eigenvalue weighted by Gasteiger charge is -1.99. The van der Waals surface area contributed by atoms with Crippen molar-refractivity contribution in [1.82, 2.24) is 9.78 Å². The molecule has 0 spiro atoms. The van der Waals surface area contributed by atoms with Crippen LogP contribution in [0.25, 0.3) is 0 Å². The van der Waals surface area contributed by atoms with Crippen LogP contribution >= 0.6 is 15.9 Å². The molecule has 2 aromatic rings. The van der Waals surface area contributed by atoms with Gasteiger partial charge in [0.1, 0.15) is 0 Å². The van der Waals surface area contributed by atoms with Crippen LogP contribution in [0.15, 0.2) is 41.1 Å². The summed E-state index contributed by atoms with van der Waals surface area (Å²) in [6.07, 6.45) is 1.59. The van der Waals surface area contributed by atoms with Crippen molar-refractivity contribution < 1.29 is 5.11 Å². The molecule has 2 rings (SSSR count). The number of aromatic hydroxyl groups is 1. The van der Waals surface area contributed by atoms with Crippen LogP contribution in [-0.2, 0) is 6.54 Å². The molecule has 0 aliphatic heterocycles. The van der Waals surface area contributed by atoms with Gasteiger partial charge < -0.3 is 5.11 Å². The summed E-state index contributed by atoms with van der Waals surface area (Å²) < 4.78 is 2.17. The maximum atomic E-state index is 9.29. The molecule has 0 saturated carbocycles. The molecule has 4 heteroatoms. The Morgan fingerprint density at radius 3 is 2.57 bits per heavy atom. The van der Waals surface area contributed by atoms with E-state index in [4.69, 9.17) is 0 Å². The van der Waals surface area contributed by atoms with Gasteiger partial charge >= 0.3 is 0 Å². The molecule has 0 unspecified atom stereocenters. The quantitative estimate of drug-likeness (QED) is 0.892. The van der Waals surface area contributed by atoms with Crippen LogP contribution in [0, 0.1) is 0 Å². The van der Waals surface area contributed by atoms with Crippen molar-refractivity contribution in [3.63, 3.8) is 0 Å². The summed E-state index contributed by atoms with van der Waals surface area (Å²) in [4.78, 5) is 0. The maximum absolute atomic E-state index is 9.29. The third-order valence-corrected chi connectivity index (χ3v) is 2.45. The smallest absolute Gasteiger partial charge is 0.169 e. The van der Waals surface area contributed by atoms with Crippen molar-refractivity contribution in [2.24, 2.45) is 0 Å². The van der Waals surface area contributed by atoms with Crippen LogP contribution in [0.1, 0.15) is 5.56 Å². The van der Waals surface area contributed by atoms with Crippen LogP contribution in [0.3, 0.4) is 0 Å². The van der Waals surface area contributed by atoms with Gasteiger partial charge in [0.25, 0.3) is 0 Å². The van der Waals surface area contributed by atoms with Crippen molar-refractivity contribution in [2.75, 3.05) is 0 Å². The topological polar surface area (TPSA) is 38.0 Å². The zero-order valence-corrected chi connectivity index (χ0v) is 8.98. The van der Waals surface area contributed by atoms with E-state index in [1.807, 2.05) is 30.3 Å². The van der Waals surface area contributed by atoms with E-state index in [2.05, 4.69) is 21.0 Å². The van der Waals surface area contributed by atoms with Crippen molar-refractivity contribution >= 4 is 15.9 Å². The number of rotatable bonds is 2.